The Balaban J connectivity index is 1.74. The lowest BCUT2D eigenvalue weighted by Crippen LogP contribution is -2.18. The van der Waals surface area contributed by atoms with Crippen molar-refractivity contribution in [3.63, 3.8) is 0 Å². The molecule has 1 aromatic heterocycles. The van der Waals surface area contributed by atoms with Crippen LogP contribution < -0.4 is 4.83 Å². The van der Waals surface area contributed by atoms with Gasteiger partial charge in [-0.1, -0.05) is 54.6 Å². The zero-order chi connectivity index (χ0) is 22.0. The normalized spacial score (nSPS) is 11.8. The van der Waals surface area contributed by atoms with Gasteiger partial charge in [-0.3, -0.25) is 10.1 Å². The van der Waals surface area contributed by atoms with Crippen LogP contribution in [0.2, 0.25) is 0 Å². The van der Waals surface area contributed by atoms with Gasteiger partial charge in [-0.2, -0.15) is 13.5 Å². The van der Waals surface area contributed by atoms with Crippen molar-refractivity contribution in [3.8, 4) is 11.3 Å². The number of nitro groups is 1. The minimum Gasteiger partial charge on any atom is -0.343 e. The van der Waals surface area contributed by atoms with Gasteiger partial charge in [-0.15, -0.1) is 0 Å². The van der Waals surface area contributed by atoms with Gasteiger partial charge in [0, 0.05) is 35.6 Å². The third-order valence-electron chi connectivity index (χ3n) is 4.90. The van der Waals surface area contributed by atoms with Crippen molar-refractivity contribution in [3.05, 3.63) is 94.5 Å². The van der Waals surface area contributed by atoms with Gasteiger partial charge in [-0.25, -0.2) is 4.83 Å². The number of sulfonamides is 1. The highest BCUT2D eigenvalue weighted by molar-refractivity contribution is 7.89. The first-order valence-corrected chi connectivity index (χ1v) is 10.8. The number of nitrogens with one attached hydrogen (secondary N) is 1. The molecule has 0 fully saturated rings. The van der Waals surface area contributed by atoms with E-state index in [2.05, 4.69) is 9.93 Å². The molecule has 0 unspecified atom stereocenters. The molecule has 0 bridgehead atoms. The van der Waals surface area contributed by atoms with Crippen molar-refractivity contribution in [2.45, 2.75) is 4.90 Å². The fourth-order valence-electron chi connectivity index (χ4n) is 3.48. The van der Waals surface area contributed by atoms with Crippen LogP contribution in [0, 0.1) is 10.1 Å². The van der Waals surface area contributed by atoms with Crippen LogP contribution in [-0.4, -0.2) is 24.1 Å². The molecule has 0 atom stereocenters. The number of nitrogens with zero attached hydrogens (tertiary/aromatic N) is 3. The Labute approximate surface area is 178 Å². The second kappa shape index (κ2) is 8.04. The molecule has 0 aliphatic heterocycles. The van der Waals surface area contributed by atoms with Crippen LogP contribution in [0.5, 0.6) is 0 Å². The van der Waals surface area contributed by atoms with Crippen molar-refractivity contribution in [1.82, 2.24) is 9.40 Å². The molecule has 0 aliphatic rings. The molecule has 0 amide bonds. The fourth-order valence-corrected chi connectivity index (χ4v) is 4.31. The number of non-ortho nitro benzene ring substituents is 1. The van der Waals surface area contributed by atoms with E-state index in [-0.39, 0.29) is 10.6 Å². The lowest BCUT2D eigenvalue weighted by atomic mass is 10.1. The van der Waals surface area contributed by atoms with E-state index in [1.54, 1.807) is 0 Å². The Hall–Kier alpha value is -3.98. The molecule has 156 valence electrons. The van der Waals surface area contributed by atoms with Gasteiger partial charge < -0.3 is 4.57 Å². The van der Waals surface area contributed by atoms with Gasteiger partial charge in [0.1, 0.15) is 0 Å². The molecular weight excluding hydrogens is 416 g/mol. The SMILES string of the molecule is Cn1c(-c2ccccc2)c(C=NNS(=O)(=O)c2cccc([N+](=O)[O-])c2)c2ccccc21. The number of para-hydroxylation sites is 1. The quantitative estimate of drug-likeness (QED) is 0.280. The number of hydrogen-bond acceptors (Lipinski definition) is 5. The summed E-state index contributed by atoms with van der Waals surface area (Å²) in [6, 6.07) is 22.3. The van der Waals surface area contributed by atoms with Gasteiger partial charge in [0.25, 0.3) is 15.7 Å². The predicted octanol–water partition coefficient (Wildman–Crippen LogP) is 4.07. The van der Waals surface area contributed by atoms with E-state index >= 15 is 0 Å². The molecule has 0 aliphatic carbocycles. The number of fused-ring (bicyclic) bond motifs is 1. The van der Waals surface area contributed by atoms with E-state index in [0.717, 1.165) is 33.8 Å². The Morgan fingerprint density at radius 3 is 2.45 bits per heavy atom. The fraction of sp³-hybridized carbons (Fsp3) is 0.0455. The van der Waals surface area contributed by atoms with Gasteiger partial charge >= 0.3 is 0 Å². The first kappa shape index (κ1) is 20.3. The summed E-state index contributed by atoms with van der Waals surface area (Å²) in [4.78, 5) is 12.2. The van der Waals surface area contributed by atoms with Gasteiger partial charge in [-0.05, 0) is 17.7 Å². The van der Waals surface area contributed by atoms with Crippen LogP contribution >= 0.6 is 0 Å². The first-order valence-electron chi connectivity index (χ1n) is 9.30. The largest absolute Gasteiger partial charge is 0.343 e. The van der Waals surface area contributed by atoms with E-state index in [0.29, 0.717) is 0 Å². The third-order valence-corrected chi connectivity index (χ3v) is 6.12. The van der Waals surface area contributed by atoms with Crippen LogP contribution in [0.15, 0.2) is 88.9 Å². The summed E-state index contributed by atoms with van der Waals surface area (Å²) in [6.07, 6.45) is 1.46. The highest BCUT2D eigenvalue weighted by atomic mass is 32.2. The molecule has 0 spiro atoms. The average Bonchev–Trinajstić information content (AvgIpc) is 3.06. The number of rotatable bonds is 6. The number of aryl methyl sites for hydroxylation is 1. The molecule has 9 heteroatoms. The molecule has 1 heterocycles. The molecule has 4 aromatic rings. The first-order chi connectivity index (χ1) is 14.9. The summed E-state index contributed by atoms with van der Waals surface area (Å²) in [5, 5.41) is 15.8. The molecule has 4 rings (SSSR count). The molecule has 0 radical (unpaired) electrons. The van der Waals surface area contributed by atoms with Crippen LogP contribution in [0.3, 0.4) is 0 Å². The van der Waals surface area contributed by atoms with Crippen LogP contribution in [0.25, 0.3) is 22.2 Å². The van der Waals surface area contributed by atoms with Crippen LogP contribution in [0.1, 0.15) is 5.56 Å². The standard InChI is InChI=1S/C22H18N4O4S/c1-25-21-13-6-5-12-19(21)20(22(25)16-8-3-2-4-9-16)15-23-24-31(29,30)18-11-7-10-17(14-18)26(27)28/h2-15,24H,1H3. The van der Waals surface area contributed by atoms with Crippen molar-refractivity contribution >= 4 is 32.8 Å². The molecule has 31 heavy (non-hydrogen) atoms. The number of benzene rings is 3. The second-order valence-electron chi connectivity index (χ2n) is 6.81. The van der Waals surface area contributed by atoms with Crippen LogP contribution in [0.4, 0.5) is 5.69 Å². The molecule has 1 N–H and O–H groups in total. The Morgan fingerprint density at radius 1 is 1.00 bits per heavy atom. The molecule has 8 nitrogen and oxygen atoms in total. The van der Waals surface area contributed by atoms with E-state index in [1.807, 2.05) is 66.2 Å². The summed E-state index contributed by atoms with van der Waals surface area (Å²) < 4.78 is 27.2. The van der Waals surface area contributed by atoms with Gasteiger partial charge in [0.2, 0.25) is 0 Å². The van der Waals surface area contributed by atoms with E-state index in [1.165, 1.54) is 24.4 Å². The summed E-state index contributed by atoms with van der Waals surface area (Å²) in [7, 11) is -2.13. The summed E-state index contributed by atoms with van der Waals surface area (Å²) in [5.74, 6) is 0. The second-order valence-corrected chi connectivity index (χ2v) is 8.47. The molecule has 0 saturated heterocycles. The van der Waals surface area contributed by atoms with Crippen molar-refractivity contribution in [2.24, 2.45) is 12.1 Å². The Bertz CT molecular complexity index is 1410. The third kappa shape index (κ3) is 3.90. The van der Waals surface area contributed by atoms with E-state index in [9.17, 15) is 18.5 Å². The van der Waals surface area contributed by atoms with E-state index in [4.69, 9.17) is 0 Å². The molecule has 0 saturated carbocycles. The maximum Gasteiger partial charge on any atom is 0.276 e. The minimum absolute atomic E-state index is 0.236. The van der Waals surface area contributed by atoms with Crippen molar-refractivity contribution in [1.29, 1.82) is 0 Å². The number of hydrogen-bond donors (Lipinski definition) is 1. The lowest BCUT2D eigenvalue weighted by molar-refractivity contribution is -0.385. The van der Waals surface area contributed by atoms with E-state index < -0.39 is 14.9 Å². The Morgan fingerprint density at radius 2 is 1.71 bits per heavy atom. The zero-order valence-corrected chi connectivity index (χ0v) is 17.3. The van der Waals surface area contributed by atoms with Crippen LogP contribution in [-0.2, 0) is 17.1 Å². The monoisotopic (exact) mass is 434 g/mol. The topological polar surface area (TPSA) is 107 Å². The van der Waals surface area contributed by atoms with Crippen molar-refractivity contribution in [2.75, 3.05) is 0 Å². The highest BCUT2D eigenvalue weighted by Gasteiger charge is 2.18. The lowest BCUT2D eigenvalue weighted by Gasteiger charge is -2.06. The zero-order valence-electron chi connectivity index (χ0n) is 16.5. The van der Waals surface area contributed by atoms with Crippen molar-refractivity contribution < 1.29 is 13.3 Å². The number of nitro benzene ring substituents is 1. The highest BCUT2D eigenvalue weighted by Crippen LogP contribution is 2.31. The van der Waals surface area contributed by atoms with Gasteiger partial charge in [0.05, 0.1) is 21.7 Å². The van der Waals surface area contributed by atoms with Gasteiger partial charge in [0.15, 0.2) is 0 Å². The molecular formula is C22H18N4O4S. The predicted molar refractivity (Wildman–Crippen MR) is 119 cm³/mol. The summed E-state index contributed by atoms with van der Waals surface area (Å²) >= 11 is 0. The number of hydrazone groups is 1. The average molecular weight is 434 g/mol. The molecule has 3 aromatic carbocycles. The maximum atomic E-state index is 12.6. The maximum absolute atomic E-state index is 12.6. The summed E-state index contributed by atoms with van der Waals surface area (Å²) in [6.45, 7) is 0. The smallest absolute Gasteiger partial charge is 0.276 e. The summed E-state index contributed by atoms with van der Waals surface area (Å²) in [5.41, 5.74) is 3.27. The minimum atomic E-state index is -4.07. The Kier molecular flexibility index (Phi) is 5.26. The number of aromatic nitrogens is 1.